The minimum absolute atomic E-state index is 0.00925. The van der Waals surface area contributed by atoms with Crippen molar-refractivity contribution in [3.05, 3.63) is 98.5 Å². The second-order valence-corrected chi connectivity index (χ2v) is 8.24. The summed E-state index contributed by atoms with van der Waals surface area (Å²) in [6, 6.07) is 22.4. The summed E-state index contributed by atoms with van der Waals surface area (Å²) in [5.74, 6) is 0.558. The molecule has 0 aromatic heterocycles. The highest BCUT2D eigenvalue weighted by atomic mass is 79.9. The van der Waals surface area contributed by atoms with Crippen LogP contribution in [0.5, 0.6) is 11.5 Å². The van der Waals surface area contributed by atoms with Crippen LogP contribution in [0.25, 0.3) is 6.08 Å². The van der Waals surface area contributed by atoms with Gasteiger partial charge in [-0.05, 0) is 58.3 Å². The Kier molecular flexibility index (Phi) is 8.94. The molecule has 168 valence electrons. The third-order valence-electron chi connectivity index (χ3n) is 4.63. The average molecular weight is 526 g/mol. The van der Waals surface area contributed by atoms with Crippen LogP contribution in [-0.2, 0) is 17.9 Å². The standard InChI is InChI=1S/C26H22BrClN2O3/c1-2-32-24-14-19(12-21(15-29)26(31)30-16-18-8-4-3-5-9-18)13-22(27)25(24)33-17-20-10-6-7-11-23(20)28/h3-14H,2,16-17H2,1H3,(H,30,31)/b21-12+. The van der Waals surface area contributed by atoms with E-state index in [2.05, 4.69) is 21.2 Å². The quantitative estimate of drug-likeness (QED) is 0.263. The van der Waals surface area contributed by atoms with Crippen molar-refractivity contribution in [2.24, 2.45) is 0 Å². The highest BCUT2D eigenvalue weighted by Gasteiger charge is 2.15. The maximum absolute atomic E-state index is 12.5. The number of amides is 1. The van der Waals surface area contributed by atoms with Crippen molar-refractivity contribution in [3.8, 4) is 17.6 Å². The molecule has 1 N–H and O–H groups in total. The summed E-state index contributed by atoms with van der Waals surface area (Å²) in [5, 5.41) is 12.9. The Labute approximate surface area is 206 Å². The highest BCUT2D eigenvalue weighted by Crippen LogP contribution is 2.38. The second kappa shape index (κ2) is 12.1. The molecule has 3 aromatic carbocycles. The van der Waals surface area contributed by atoms with E-state index < -0.39 is 5.91 Å². The van der Waals surface area contributed by atoms with Crippen LogP contribution >= 0.6 is 27.5 Å². The minimum atomic E-state index is -0.450. The number of ether oxygens (including phenoxy) is 2. The number of benzene rings is 3. The number of hydrogen-bond acceptors (Lipinski definition) is 4. The van der Waals surface area contributed by atoms with Gasteiger partial charge in [0.25, 0.3) is 5.91 Å². The number of hydrogen-bond donors (Lipinski definition) is 1. The van der Waals surface area contributed by atoms with Gasteiger partial charge >= 0.3 is 0 Å². The average Bonchev–Trinajstić information content (AvgIpc) is 2.82. The molecule has 0 saturated heterocycles. The Balaban J connectivity index is 1.80. The molecule has 0 aliphatic heterocycles. The molecule has 0 radical (unpaired) electrons. The summed E-state index contributed by atoms with van der Waals surface area (Å²) in [6.07, 6.45) is 1.52. The lowest BCUT2D eigenvalue weighted by atomic mass is 10.1. The number of nitriles is 1. The molecule has 0 atom stereocenters. The van der Waals surface area contributed by atoms with Crippen LogP contribution in [0, 0.1) is 11.3 Å². The van der Waals surface area contributed by atoms with E-state index in [0.717, 1.165) is 11.1 Å². The molecule has 0 saturated carbocycles. The molecule has 7 heteroatoms. The van der Waals surface area contributed by atoms with Crippen LogP contribution in [0.4, 0.5) is 0 Å². The minimum Gasteiger partial charge on any atom is -0.490 e. The van der Waals surface area contributed by atoms with Crippen molar-refractivity contribution < 1.29 is 14.3 Å². The van der Waals surface area contributed by atoms with Gasteiger partial charge in [-0.25, -0.2) is 0 Å². The molecule has 0 aliphatic carbocycles. The van der Waals surface area contributed by atoms with E-state index >= 15 is 0 Å². The molecule has 0 heterocycles. The fraction of sp³-hybridized carbons (Fsp3) is 0.154. The molecular weight excluding hydrogens is 504 g/mol. The largest absolute Gasteiger partial charge is 0.490 e. The van der Waals surface area contributed by atoms with Gasteiger partial charge < -0.3 is 14.8 Å². The van der Waals surface area contributed by atoms with Gasteiger partial charge in [0.1, 0.15) is 18.2 Å². The maximum Gasteiger partial charge on any atom is 0.262 e. The first-order valence-corrected chi connectivity index (χ1v) is 11.5. The monoisotopic (exact) mass is 524 g/mol. The Hall–Kier alpha value is -3.27. The smallest absolute Gasteiger partial charge is 0.262 e. The zero-order valence-corrected chi connectivity index (χ0v) is 20.3. The van der Waals surface area contributed by atoms with E-state index in [9.17, 15) is 10.1 Å². The van der Waals surface area contributed by atoms with Gasteiger partial charge in [-0.2, -0.15) is 5.26 Å². The van der Waals surface area contributed by atoms with Crippen LogP contribution in [0.1, 0.15) is 23.6 Å². The number of rotatable bonds is 9. The van der Waals surface area contributed by atoms with Crippen molar-refractivity contribution in [1.82, 2.24) is 5.32 Å². The fourth-order valence-electron chi connectivity index (χ4n) is 3.03. The summed E-state index contributed by atoms with van der Waals surface area (Å²) in [5.41, 5.74) is 2.41. The lowest BCUT2D eigenvalue weighted by Crippen LogP contribution is -2.23. The molecule has 1 amide bonds. The Bertz CT molecular complexity index is 1190. The van der Waals surface area contributed by atoms with E-state index in [4.69, 9.17) is 21.1 Å². The summed E-state index contributed by atoms with van der Waals surface area (Å²) < 4.78 is 12.4. The van der Waals surface area contributed by atoms with Crippen molar-refractivity contribution in [2.75, 3.05) is 6.61 Å². The molecule has 33 heavy (non-hydrogen) atoms. The van der Waals surface area contributed by atoms with Crippen molar-refractivity contribution >= 4 is 39.5 Å². The normalized spacial score (nSPS) is 10.9. The lowest BCUT2D eigenvalue weighted by Gasteiger charge is -2.15. The predicted octanol–water partition coefficient (Wildman–Crippen LogP) is 6.30. The summed E-state index contributed by atoms with van der Waals surface area (Å²) in [4.78, 5) is 12.5. The predicted molar refractivity (Wildman–Crippen MR) is 133 cm³/mol. The number of halogens is 2. The maximum atomic E-state index is 12.5. The zero-order valence-electron chi connectivity index (χ0n) is 18.0. The molecule has 0 unspecified atom stereocenters. The van der Waals surface area contributed by atoms with Crippen LogP contribution in [0.3, 0.4) is 0 Å². The highest BCUT2D eigenvalue weighted by molar-refractivity contribution is 9.10. The van der Waals surface area contributed by atoms with Crippen molar-refractivity contribution in [2.45, 2.75) is 20.1 Å². The molecule has 0 spiro atoms. The lowest BCUT2D eigenvalue weighted by molar-refractivity contribution is -0.117. The Morgan fingerprint density at radius 1 is 1.12 bits per heavy atom. The van der Waals surface area contributed by atoms with Gasteiger partial charge in [0, 0.05) is 17.1 Å². The number of nitrogens with zero attached hydrogens (tertiary/aromatic N) is 1. The molecule has 0 bridgehead atoms. The Morgan fingerprint density at radius 2 is 1.85 bits per heavy atom. The molecule has 0 aliphatic rings. The first-order valence-electron chi connectivity index (χ1n) is 10.3. The second-order valence-electron chi connectivity index (χ2n) is 6.98. The van der Waals surface area contributed by atoms with Crippen molar-refractivity contribution in [3.63, 3.8) is 0 Å². The summed E-state index contributed by atoms with van der Waals surface area (Å²) in [6.45, 7) is 2.89. The zero-order chi connectivity index (χ0) is 23.6. The van der Waals surface area contributed by atoms with Gasteiger partial charge in [0.2, 0.25) is 0 Å². The molecule has 5 nitrogen and oxygen atoms in total. The third kappa shape index (κ3) is 6.85. The van der Waals surface area contributed by atoms with Crippen molar-refractivity contribution in [1.29, 1.82) is 5.26 Å². The first-order chi connectivity index (χ1) is 16.0. The number of carbonyl (C=O) groups excluding carboxylic acids is 1. The van der Waals surface area contributed by atoms with Gasteiger partial charge in [-0.15, -0.1) is 0 Å². The van der Waals surface area contributed by atoms with Gasteiger partial charge in [0.05, 0.1) is 11.1 Å². The van der Waals surface area contributed by atoms with E-state index in [1.807, 2.05) is 61.5 Å². The van der Waals surface area contributed by atoms with E-state index in [1.54, 1.807) is 18.2 Å². The first kappa shape index (κ1) is 24.4. The SMILES string of the molecule is CCOc1cc(/C=C(\C#N)C(=O)NCc2ccccc2)cc(Br)c1OCc1ccccc1Cl. The summed E-state index contributed by atoms with van der Waals surface area (Å²) in [7, 11) is 0. The molecule has 0 fully saturated rings. The summed E-state index contributed by atoms with van der Waals surface area (Å²) >= 11 is 9.74. The van der Waals surface area contributed by atoms with E-state index in [-0.39, 0.29) is 12.2 Å². The topological polar surface area (TPSA) is 71.3 Å². The van der Waals surface area contributed by atoms with Crippen LogP contribution in [0.2, 0.25) is 5.02 Å². The van der Waals surface area contributed by atoms with Gasteiger partial charge in [-0.1, -0.05) is 60.1 Å². The van der Waals surface area contributed by atoms with Gasteiger partial charge in [-0.3, -0.25) is 4.79 Å². The van der Waals surface area contributed by atoms with E-state index in [1.165, 1.54) is 6.08 Å². The Morgan fingerprint density at radius 3 is 2.55 bits per heavy atom. The van der Waals surface area contributed by atoms with Crippen LogP contribution in [-0.4, -0.2) is 12.5 Å². The number of carbonyl (C=O) groups is 1. The van der Waals surface area contributed by atoms with Gasteiger partial charge in [0.15, 0.2) is 11.5 Å². The molecule has 3 aromatic rings. The molecular formula is C26H22BrClN2O3. The third-order valence-corrected chi connectivity index (χ3v) is 5.59. The van der Waals surface area contributed by atoms with Crippen LogP contribution < -0.4 is 14.8 Å². The number of nitrogens with one attached hydrogen (secondary N) is 1. The van der Waals surface area contributed by atoms with E-state index in [0.29, 0.717) is 39.7 Å². The van der Waals surface area contributed by atoms with Crippen LogP contribution in [0.15, 0.2) is 76.8 Å². The molecule has 3 rings (SSSR count). The fourth-order valence-corrected chi connectivity index (χ4v) is 3.79.